The molecule has 0 fully saturated rings. The Hall–Kier alpha value is -1.27. The second-order valence-electron chi connectivity index (χ2n) is 6.93. The molecule has 0 aromatic heterocycles. The summed E-state index contributed by atoms with van der Waals surface area (Å²) >= 11 is 0. The van der Waals surface area contributed by atoms with Crippen LogP contribution in [-0.4, -0.2) is 24.5 Å². The van der Waals surface area contributed by atoms with E-state index in [0.717, 1.165) is 0 Å². The zero-order valence-corrected chi connectivity index (χ0v) is 13.4. The number of allylic oxidation sites excluding steroid dienone is 4. The predicted octanol–water partition coefficient (Wildman–Crippen LogP) is 2.30. The third-order valence-corrected chi connectivity index (χ3v) is 3.99. The second-order valence-corrected chi connectivity index (χ2v) is 8.29. The van der Waals surface area contributed by atoms with Gasteiger partial charge in [0, 0.05) is 5.57 Å². The summed E-state index contributed by atoms with van der Waals surface area (Å²) in [6.45, 7) is 10.4. The SMILES string of the molecule is CC(C)(C)C1=CC(C(C)(C)C)=C(S(=O)(=O)O)C(=O)C1=O. The summed E-state index contributed by atoms with van der Waals surface area (Å²) in [6, 6.07) is 0. The Labute approximate surface area is 119 Å². The average molecular weight is 300 g/mol. The van der Waals surface area contributed by atoms with E-state index in [2.05, 4.69) is 0 Å². The Kier molecular flexibility index (Phi) is 3.89. The van der Waals surface area contributed by atoms with E-state index in [1.54, 1.807) is 41.5 Å². The van der Waals surface area contributed by atoms with Gasteiger partial charge in [0.05, 0.1) is 0 Å². The highest BCUT2D eigenvalue weighted by Crippen LogP contribution is 2.39. The average Bonchev–Trinajstić information content (AvgIpc) is 2.15. The third-order valence-electron chi connectivity index (χ3n) is 3.06. The van der Waals surface area contributed by atoms with Crippen LogP contribution in [0, 0.1) is 10.8 Å². The molecule has 20 heavy (non-hydrogen) atoms. The van der Waals surface area contributed by atoms with Gasteiger partial charge in [0.25, 0.3) is 10.1 Å². The number of hydrogen-bond donors (Lipinski definition) is 1. The first-order valence-electron chi connectivity index (χ1n) is 6.21. The van der Waals surface area contributed by atoms with Gasteiger partial charge in [0.2, 0.25) is 11.6 Å². The number of Topliss-reactive ketones (excluding diaryl/α,β-unsaturated/α-hetero) is 2. The number of rotatable bonds is 1. The molecule has 1 aliphatic rings. The largest absolute Gasteiger partial charge is 0.298 e. The van der Waals surface area contributed by atoms with Crippen LogP contribution >= 0.6 is 0 Å². The van der Waals surface area contributed by atoms with Crippen molar-refractivity contribution < 1.29 is 22.6 Å². The first-order valence-corrected chi connectivity index (χ1v) is 7.65. The van der Waals surface area contributed by atoms with Gasteiger partial charge in [-0.25, -0.2) is 0 Å². The number of carbonyl (C=O) groups excluding carboxylic acids is 2. The van der Waals surface area contributed by atoms with Gasteiger partial charge in [-0.2, -0.15) is 8.42 Å². The van der Waals surface area contributed by atoms with E-state index in [1.807, 2.05) is 0 Å². The van der Waals surface area contributed by atoms with Crippen LogP contribution in [0.2, 0.25) is 0 Å². The number of carbonyl (C=O) groups is 2. The minimum atomic E-state index is -4.74. The molecule has 0 atom stereocenters. The molecule has 0 unspecified atom stereocenters. The molecular weight excluding hydrogens is 280 g/mol. The van der Waals surface area contributed by atoms with Crippen molar-refractivity contribution in [2.75, 3.05) is 0 Å². The first-order chi connectivity index (χ1) is 8.67. The van der Waals surface area contributed by atoms with Crippen molar-refractivity contribution >= 4 is 21.7 Å². The molecular formula is C14H20O5S. The van der Waals surface area contributed by atoms with Crippen LogP contribution in [-0.2, 0) is 19.7 Å². The summed E-state index contributed by atoms with van der Waals surface area (Å²) in [5.41, 5.74) is -0.874. The quantitative estimate of drug-likeness (QED) is 0.456. The molecule has 0 saturated heterocycles. The molecule has 0 amide bonds. The van der Waals surface area contributed by atoms with E-state index in [1.165, 1.54) is 6.08 Å². The molecule has 0 spiro atoms. The maximum atomic E-state index is 12.1. The van der Waals surface area contributed by atoms with Crippen LogP contribution in [0.15, 0.2) is 22.1 Å². The zero-order chi connectivity index (χ0) is 16.1. The predicted molar refractivity (Wildman–Crippen MR) is 75.6 cm³/mol. The van der Waals surface area contributed by atoms with E-state index in [0.29, 0.717) is 0 Å². The highest BCUT2D eigenvalue weighted by molar-refractivity contribution is 7.91. The summed E-state index contributed by atoms with van der Waals surface area (Å²) in [4.78, 5) is 23.4. The van der Waals surface area contributed by atoms with Crippen molar-refractivity contribution in [2.24, 2.45) is 10.8 Å². The molecule has 112 valence electrons. The smallest absolute Gasteiger partial charge is 0.285 e. The van der Waals surface area contributed by atoms with Crippen LogP contribution < -0.4 is 0 Å². The lowest BCUT2D eigenvalue weighted by atomic mass is 9.74. The van der Waals surface area contributed by atoms with Crippen molar-refractivity contribution in [3.8, 4) is 0 Å². The van der Waals surface area contributed by atoms with Gasteiger partial charge in [-0.15, -0.1) is 0 Å². The molecule has 0 aromatic carbocycles. The second kappa shape index (κ2) is 4.63. The molecule has 0 radical (unpaired) electrons. The minimum absolute atomic E-state index is 0.162. The molecule has 5 nitrogen and oxygen atoms in total. The standard InChI is InChI=1S/C14H20O5S/c1-13(2,3)8-7-9(14(4,5)6)12(20(17,18)19)11(16)10(8)15/h7H,1-6H3,(H,17,18,19). The lowest BCUT2D eigenvalue weighted by molar-refractivity contribution is -0.132. The molecule has 0 aromatic rings. The maximum absolute atomic E-state index is 12.1. The van der Waals surface area contributed by atoms with Crippen molar-refractivity contribution in [1.82, 2.24) is 0 Å². The fourth-order valence-electron chi connectivity index (χ4n) is 1.99. The van der Waals surface area contributed by atoms with Gasteiger partial charge < -0.3 is 0 Å². The molecule has 0 aliphatic heterocycles. The molecule has 0 heterocycles. The van der Waals surface area contributed by atoms with Crippen molar-refractivity contribution in [2.45, 2.75) is 41.5 Å². The Balaban J connectivity index is 3.81. The number of hydrogen-bond acceptors (Lipinski definition) is 4. The highest BCUT2D eigenvalue weighted by atomic mass is 32.2. The summed E-state index contributed by atoms with van der Waals surface area (Å²) in [5, 5.41) is 0. The Bertz CT molecular complexity index is 634. The van der Waals surface area contributed by atoms with E-state index in [-0.39, 0.29) is 11.1 Å². The van der Waals surface area contributed by atoms with Gasteiger partial charge in [0.15, 0.2) is 0 Å². The summed E-state index contributed by atoms with van der Waals surface area (Å²) in [5.74, 6) is -2.04. The van der Waals surface area contributed by atoms with Crippen LogP contribution in [0.5, 0.6) is 0 Å². The zero-order valence-electron chi connectivity index (χ0n) is 12.6. The van der Waals surface area contributed by atoms with Gasteiger partial charge in [-0.1, -0.05) is 41.5 Å². The van der Waals surface area contributed by atoms with Gasteiger partial charge in [0.1, 0.15) is 4.91 Å². The molecule has 1 N–H and O–H groups in total. The third kappa shape index (κ3) is 3.07. The molecule has 1 aliphatic carbocycles. The Morgan fingerprint density at radius 2 is 1.35 bits per heavy atom. The summed E-state index contributed by atoms with van der Waals surface area (Å²) < 4.78 is 32.2. The summed E-state index contributed by atoms with van der Waals surface area (Å²) in [6.07, 6.45) is 1.42. The van der Waals surface area contributed by atoms with Gasteiger partial charge in [-0.3, -0.25) is 14.1 Å². The Morgan fingerprint density at radius 1 is 0.900 bits per heavy atom. The molecule has 1 rings (SSSR count). The normalized spacial score (nSPS) is 18.4. The fraction of sp³-hybridized carbons (Fsp3) is 0.571. The minimum Gasteiger partial charge on any atom is -0.285 e. The first kappa shape index (κ1) is 16.8. The summed E-state index contributed by atoms with van der Waals surface area (Å²) in [7, 11) is -4.74. The Morgan fingerprint density at radius 3 is 1.65 bits per heavy atom. The van der Waals surface area contributed by atoms with Crippen molar-refractivity contribution in [1.29, 1.82) is 0 Å². The monoisotopic (exact) mass is 300 g/mol. The maximum Gasteiger partial charge on any atom is 0.298 e. The van der Waals surface area contributed by atoms with Gasteiger partial charge in [-0.05, 0) is 22.5 Å². The van der Waals surface area contributed by atoms with Crippen molar-refractivity contribution in [3.63, 3.8) is 0 Å². The van der Waals surface area contributed by atoms with Crippen molar-refractivity contribution in [3.05, 3.63) is 22.1 Å². The topological polar surface area (TPSA) is 88.5 Å². The number of ketones is 2. The van der Waals surface area contributed by atoms with Crippen LogP contribution in [0.4, 0.5) is 0 Å². The van der Waals surface area contributed by atoms with Crippen LogP contribution in [0.1, 0.15) is 41.5 Å². The van der Waals surface area contributed by atoms with Crippen LogP contribution in [0.3, 0.4) is 0 Å². The highest BCUT2D eigenvalue weighted by Gasteiger charge is 2.42. The lowest BCUT2D eigenvalue weighted by Gasteiger charge is -2.30. The van der Waals surface area contributed by atoms with Gasteiger partial charge >= 0.3 is 0 Å². The molecule has 0 bridgehead atoms. The fourth-order valence-corrected chi connectivity index (χ4v) is 2.96. The van der Waals surface area contributed by atoms with Crippen LogP contribution in [0.25, 0.3) is 0 Å². The van der Waals surface area contributed by atoms with E-state index in [4.69, 9.17) is 0 Å². The molecule has 0 saturated carbocycles. The van der Waals surface area contributed by atoms with E-state index >= 15 is 0 Å². The molecule has 6 heteroatoms. The lowest BCUT2D eigenvalue weighted by Crippen LogP contribution is -2.34. The van der Waals surface area contributed by atoms with E-state index < -0.39 is 37.4 Å². The van der Waals surface area contributed by atoms with E-state index in [9.17, 15) is 22.6 Å².